The molecule has 0 aliphatic heterocycles. The molecular weight excluding hydrogens is 408 g/mol. The summed E-state index contributed by atoms with van der Waals surface area (Å²) in [5, 5.41) is 2.25. The molecule has 0 aromatic heterocycles. The summed E-state index contributed by atoms with van der Waals surface area (Å²) in [6, 6.07) is 18.3. The van der Waals surface area contributed by atoms with Gasteiger partial charge in [-0.15, -0.1) is 5.54 Å². The Hall–Kier alpha value is -2.83. The number of aldehydes is 1. The maximum absolute atomic E-state index is 12.0. The number of carbonyl (C=O) groups is 1. The van der Waals surface area contributed by atoms with E-state index in [1.54, 1.807) is 13.2 Å². The number of hydrogen-bond donors (Lipinski definition) is 0. The third-order valence-corrected chi connectivity index (χ3v) is 13.2. The number of benzene rings is 3. The summed E-state index contributed by atoms with van der Waals surface area (Å²) in [5.41, 5.74) is 9.06. The molecule has 3 aromatic rings. The summed E-state index contributed by atoms with van der Waals surface area (Å²) < 4.78 is 5.36. The minimum atomic E-state index is -1.89. The van der Waals surface area contributed by atoms with E-state index in [2.05, 4.69) is 77.3 Å². The van der Waals surface area contributed by atoms with E-state index in [-0.39, 0.29) is 0 Å². The van der Waals surface area contributed by atoms with Crippen molar-refractivity contribution < 1.29 is 9.53 Å². The smallest absolute Gasteiger partial charge is 0.150 e. The molecule has 32 heavy (non-hydrogen) atoms. The molecule has 3 rings (SSSR count). The first-order chi connectivity index (χ1) is 15.3. The Morgan fingerprint density at radius 3 is 2.12 bits per heavy atom. The molecule has 0 heterocycles. The van der Waals surface area contributed by atoms with Gasteiger partial charge < -0.3 is 4.74 Å². The van der Waals surface area contributed by atoms with E-state index >= 15 is 0 Å². The Labute approximate surface area is 194 Å². The maximum atomic E-state index is 12.0. The molecule has 0 atom stereocenters. The summed E-state index contributed by atoms with van der Waals surface area (Å²) in [6.45, 7) is 14.0. The first kappa shape index (κ1) is 23.8. The van der Waals surface area contributed by atoms with Crippen molar-refractivity contribution in [2.75, 3.05) is 7.11 Å². The van der Waals surface area contributed by atoms with Crippen LogP contribution < -0.4 is 4.74 Å². The first-order valence-corrected chi connectivity index (χ1v) is 13.7. The van der Waals surface area contributed by atoms with E-state index in [4.69, 9.17) is 4.74 Å². The number of carbonyl (C=O) groups excluding carboxylic acids is 1. The fourth-order valence-electron chi connectivity index (χ4n) is 5.27. The highest BCUT2D eigenvalue weighted by atomic mass is 28.3. The van der Waals surface area contributed by atoms with Gasteiger partial charge in [-0.25, -0.2) is 0 Å². The molecule has 0 amide bonds. The Balaban J connectivity index is 2.35. The van der Waals surface area contributed by atoms with Gasteiger partial charge in [0.25, 0.3) is 0 Å². The lowest BCUT2D eigenvalue weighted by Gasteiger charge is -2.38. The van der Waals surface area contributed by atoms with Gasteiger partial charge >= 0.3 is 0 Å². The van der Waals surface area contributed by atoms with Crippen molar-refractivity contribution in [1.29, 1.82) is 0 Å². The monoisotopic (exact) mass is 442 g/mol. The molecule has 0 aliphatic carbocycles. The number of fused-ring (bicyclic) bond motifs is 1. The highest BCUT2D eigenvalue weighted by Gasteiger charge is 2.41. The average Bonchev–Trinajstić information content (AvgIpc) is 2.78. The van der Waals surface area contributed by atoms with Gasteiger partial charge in [-0.1, -0.05) is 77.8 Å². The van der Waals surface area contributed by atoms with E-state index in [1.165, 1.54) is 0 Å². The van der Waals surface area contributed by atoms with Crippen LogP contribution in [0, 0.1) is 11.5 Å². The van der Waals surface area contributed by atoms with Crippen LogP contribution in [-0.2, 0) is 0 Å². The average molecular weight is 443 g/mol. The van der Waals surface area contributed by atoms with E-state index in [0.29, 0.717) is 27.9 Å². The van der Waals surface area contributed by atoms with Gasteiger partial charge in [0.15, 0.2) is 6.29 Å². The minimum Gasteiger partial charge on any atom is -0.497 e. The fourth-order valence-corrected chi connectivity index (χ4v) is 10.5. The standard InChI is InChI=1S/C29H34O2Si/c1-20(2)32(21(3)4,22(5)6)17-16-24-13-12-23-10-8-9-11-27(23)29(24)28-15-14-26(31-7)18-25(28)19-30/h8-15,18-22H,1-7H3. The van der Waals surface area contributed by atoms with Crippen LogP contribution in [0.5, 0.6) is 5.75 Å². The molecule has 0 radical (unpaired) electrons. The van der Waals surface area contributed by atoms with Crippen LogP contribution in [-0.4, -0.2) is 21.5 Å². The van der Waals surface area contributed by atoms with Gasteiger partial charge in [0, 0.05) is 16.7 Å². The zero-order valence-electron chi connectivity index (χ0n) is 20.3. The first-order valence-electron chi connectivity index (χ1n) is 11.4. The van der Waals surface area contributed by atoms with E-state index in [9.17, 15) is 4.79 Å². The number of ether oxygens (including phenoxy) is 1. The van der Waals surface area contributed by atoms with Crippen LogP contribution in [0.15, 0.2) is 54.6 Å². The normalized spacial score (nSPS) is 11.7. The highest BCUT2D eigenvalue weighted by Crippen LogP contribution is 2.41. The SMILES string of the molecule is COc1ccc(-c2c(C#C[Si](C(C)C)(C(C)C)C(C)C)ccc3ccccc23)c(C=O)c1. The lowest BCUT2D eigenvalue weighted by Crippen LogP contribution is -2.43. The number of rotatable bonds is 6. The van der Waals surface area contributed by atoms with Crippen LogP contribution in [0.1, 0.15) is 57.5 Å². The van der Waals surface area contributed by atoms with Gasteiger partial charge in [0.2, 0.25) is 0 Å². The second-order valence-electron chi connectivity index (χ2n) is 9.43. The molecule has 166 valence electrons. The van der Waals surface area contributed by atoms with Crippen molar-refractivity contribution in [2.24, 2.45) is 0 Å². The van der Waals surface area contributed by atoms with Crippen LogP contribution in [0.2, 0.25) is 16.6 Å². The summed E-state index contributed by atoms with van der Waals surface area (Å²) in [4.78, 5) is 12.0. The largest absolute Gasteiger partial charge is 0.497 e. The third-order valence-electron chi connectivity index (χ3n) is 6.86. The summed E-state index contributed by atoms with van der Waals surface area (Å²) in [7, 11) is -0.272. The molecule has 3 heteroatoms. The lowest BCUT2D eigenvalue weighted by molar-refractivity contribution is 0.112. The Bertz CT molecular complexity index is 1160. The molecule has 0 bridgehead atoms. The van der Waals surface area contributed by atoms with E-state index in [0.717, 1.165) is 33.7 Å². The molecule has 3 aromatic carbocycles. The third kappa shape index (κ3) is 4.25. The summed E-state index contributed by atoms with van der Waals surface area (Å²) in [5.74, 6) is 4.31. The van der Waals surface area contributed by atoms with Crippen molar-refractivity contribution in [3.8, 4) is 28.3 Å². The predicted molar refractivity (Wildman–Crippen MR) is 139 cm³/mol. The molecule has 0 spiro atoms. The van der Waals surface area contributed by atoms with Crippen molar-refractivity contribution >= 4 is 25.1 Å². The molecule has 0 saturated carbocycles. The topological polar surface area (TPSA) is 26.3 Å². The van der Waals surface area contributed by atoms with Gasteiger partial charge in [-0.2, -0.15) is 0 Å². The number of hydrogen-bond acceptors (Lipinski definition) is 2. The van der Waals surface area contributed by atoms with Gasteiger partial charge in [-0.3, -0.25) is 4.79 Å². The van der Waals surface area contributed by atoms with Gasteiger partial charge in [0.05, 0.1) is 7.11 Å². The number of methoxy groups -OCH3 is 1. The fraction of sp³-hybridized carbons (Fsp3) is 0.345. The van der Waals surface area contributed by atoms with Gasteiger partial charge in [-0.05, 0) is 57.2 Å². The molecule has 0 aliphatic rings. The molecule has 0 N–H and O–H groups in total. The van der Waals surface area contributed by atoms with Crippen LogP contribution in [0.4, 0.5) is 0 Å². The highest BCUT2D eigenvalue weighted by molar-refractivity contribution is 6.90. The van der Waals surface area contributed by atoms with Crippen LogP contribution in [0.25, 0.3) is 21.9 Å². The van der Waals surface area contributed by atoms with E-state index in [1.807, 2.05) is 24.3 Å². The summed E-state index contributed by atoms with van der Waals surface area (Å²) >= 11 is 0. The molecule has 0 unspecified atom stereocenters. The van der Waals surface area contributed by atoms with Crippen LogP contribution >= 0.6 is 0 Å². The van der Waals surface area contributed by atoms with Gasteiger partial charge in [0.1, 0.15) is 13.8 Å². The minimum absolute atomic E-state index is 0.561. The molecule has 0 saturated heterocycles. The lowest BCUT2D eigenvalue weighted by atomic mass is 9.91. The Morgan fingerprint density at radius 1 is 0.875 bits per heavy atom. The molecule has 0 fully saturated rings. The van der Waals surface area contributed by atoms with E-state index < -0.39 is 8.07 Å². The second-order valence-corrected chi connectivity index (χ2v) is 15.0. The van der Waals surface area contributed by atoms with Crippen LogP contribution in [0.3, 0.4) is 0 Å². The van der Waals surface area contributed by atoms with Crippen molar-refractivity contribution in [3.63, 3.8) is 0 Å². The second kappa shape index (κ2) is 9.75. The Morgan fingerprint density at radius 2 is 1.53 bits per heavy atom. The molecular formula is C29H34O2Si. The molecule has 2 nitrogen and oxygen atoms in total. The maximum Gasteiger partial charge on any atom is 0.150 e. The zero-order valence-corrected chi connectivity index (χ0v) is 21.3. The Kier molecular flexibility index (Phi) is 7.26. The van der Waals surface area contributed by atoms with Crippen molar-refractivity contribution in [2.45, 2.75) is 58.2 Å². The zero-order chi connectivity index (χ0) is 23.5. The predicted octanol–water partition coefficient (Wildman–Crippen LogP) is 7.90. The van der Waals surface area contributed by atoms with Crippen molar-refractivity contribution in [1.82, 2.24) is 0 Å². The van der Waals surface area contributed by atoms with Crippen molar-refractivity contribution in [3.05, 3.63) is 65.7 Å². The summed E-state index contributed by atoms with van der Waals surface area (Å²) in [6.07, 6.45) is 0.909. The quantitative estimate of drug-likeness (QED) is 0.220.